The van der Waals surface area contributed by atoms with Gasteiger partial charge in [0.2, 0.25) is 5.91 Å². The quantitative estimate of drug-likeness (QED) is 0.892. The lowest BCUT2D eigenvalue weighted by molar-refractivity contribution is -0.116. The fourth-order valence-corrected chi connectivity index (χ4v) is 1.76. The monoisotopic (exact) mass is 310 g/mol. The Labute approximate surface area is 125 Å². The second-order valence-corrected chi connectivity index (χ2v) is 4.63. The number of amides is 2. The molecular formula is C14H12ClFN2O3. The Morgan fingerprint density at radius 2 is 2.10 bits per heavy atom. The summed E-state index contributed by atoms with van der Waals surface area (Å²) in [7, 11) is 0. The van der Waals surface area contributed by atoms with Crippen LogP contribution in [-0.2, 0) is 4.79 Å². The van der Waals surface area contributed by atoms with Crippen LogP contribution in [0.25, 0.3) is 0 Å². The molecule has 0 spiro atoms. The summed E-state index contributed by atoms with van der Waals surface area (Å²) in [4.78, 5) is 23.2. The van der Waals surface area contributed by atoms with Crippen LogP contribution in [0.1, 0.15) is 16.8 Å². The maximum absolute atomic E-state index is 13.4. The number of halogens is 2. The molecule has 2 aromatic rings. The summed E-state index contributed by atoms with van der Waals surface area (Å²) in [5.74, 6) is -1.34. The molecule has 0 radical (unpaired) electrons. The number of furan rings is 1. The SMILES string of the molecule is O=C(CCNC(=O)c1ccoc1)Nc1cc(Cl)ccc1F. The van der Waals surface area contributed by atoms with Crippen molar-refractivity contribution < 1.29 is 18.4 Å². The van der Waals surface area contributed by atoms with Gasteiger partial charge in [0.15, 0.2) is 0 Å². The molecule has 5 nitrogen and oxygen atoms in total. The van der Waals surface area contributed by atoms with Crippen molar-refractivity contribution in [1.29, 1.82) is 0 Å². The van der Waals surface area contributed by atoms with Crippen molar-refractivity contribution >= 4 is 29.1 Å². The first kappa shape index (κ1) is 15.1. The van der Waals surface area contributed by atoms with E-state index in [9.17, 15) is 14.0 Å². The van der Waals surface area contributed by atoms with Gasteiger partial charge in [-0.25, -0.2) is 4.39 Å². The third-order valence-electron chi connectivity index (χ3n) is 2.62. The standard InChI is InChI=1S/C14H12ClFN2O3/c15-10-1-2-11(16)12(7-10)18-13(19)3-5-17-14(20)9-4-6-21-8-9/h1-2,4,6-8H,3,5H2,(H,17,20)(H,18,19). The molecule has 0 bridgehead atoms. The number of carbonyl (C=O) groups excluding carboxylic acids is 2. The lowest BCUT2D eigenvalue weighted by Gasteiger charge is -2.07. The summed E-state index contributed by atoms with van der Waals surface area (Å²) in [6, 6.07) is 5.38. The summed E-state index contributed by atoms with van der Waals surface area (Å²) in [6.07, 6.45) is 2.69. The molecule has 2 N–H and O–H groups in total. The van der Waals surface area contributed by atoms with Crippen molar-refractivity contribution in [3.8, 4) is 0 Å². The first-order valence-electron chi connectivity index (χ1n) is 6.11. The summed E-state index contributed by atoms with van der Waals surface area (Å²) in [6.45, 7) is 0.123. The van der Waals surface area contributed by atoms with Gasteiger partial charge in [-0.3, -0.25) is 9.59 Å². The smallest absolute Gasteiger partial charge is 0.254 e. The molecule has 1 aromatic heterocycles. The van der Waals surface area contributed by atoms with Gasteiger partial charge in [0, 0.05) is 18.0 Å². The van der Waals surface area contributed by atoms with Crippen LogP contribution in [-0.4, -0.2) is 18.4 Å². The molecule has 2 rings (SSSR count). The second-order valence-electron chi connectivity index (χ2n) is 4.19. The molecule has 7 heteroatoms. The second kappa shape index (κ2) is 6.90. The van der Waals surface area contributed by atoms with Crippen LogP contribution in [0.2, 0.25) is 5.02 Å². The lowest BCUT2D eigenvalue weighted by Crippen LogP contribution is -2.27. The van der Waals surface area contributed by atoms with Crippen LogP contribution in [0.3, 0.4) is 0 Å². The molecule has 0 aliphatic carbocycles. The minimum absolute atomic E-state index is 0.00802. The van der Waals surface area contributed by atoms with Crippen molar-refractivity contribution in [2.24, 2.45) is 0 Å². The van der Waals surface area contributed by atoms with Crippen LogP contribution in [0.15, 0.2) is 41.2 Å². The lowest BCUT2D eigenvalue weighted by atomic mass is 10.3. The maximum atomic E-state index is 13.4. The highest BCUT2D eigenvalue weighted by Gasteiger charge is 2.10. The molecule has 21 heavy (non-hydrogen) atoms. The van der Waals surface area contributed by atoms with Gasteiger partial charge in [0.05, 0.1) is 17.5 Å². The zero-order valence-electron chi connectivity index (χ0n) is 10.9. The van der Waals surface area contributed by atoms with E-state index in [0.29, 0.717) is 10.6 Å². The molecule has 1 heterocycles. The van der Waals surface area contributed by atoms with Gasteiger partial charge < -0.3 is 15.1 Å². The Morgan fingerprint density at radius 1 is 1.29 bits per heavy atom. The van der Waals surface area contributed by atoms with Gasteiger partial charge in [-0.05, 0) is 24.3 Å². The molecule has 0 aliphatic heterocycles. The van der Waals surface area contributed by atoms with Crippen molar-refractivity contribution in [3.63, 3.8) is 0 Å². The van der Waals surface area contributed by atoms with Crippen LogP contribution in [0.5, 0.6) is 0 Å². The summed E-state index contributed by atoms with van der Waals surface area (Å²) in [5.41, 5.74) is 0.380. The van der Waals surface area contributed by atoms with Crippen LogP contribution >= 0.6 is 11.6 Å². The average Bonchev–Trinajstić information content (AvgIpc) is 2.97. The Hall–Kier alpha value is -2.34. The topological polar surface area (TPSA) is 71.3 Å². The van der Waals surface area contributed by atoms with E-state index in [2.05, 4.69) is 10.6 Å². The molecule has 1 aromatic carbocycles. The average molecular weight is 311 g/mol. The Bertz CT molecular complexity index is 644. The molecule has 0 saturated carbocycles. The van der Waals surface area contributed by atoms with Crippen LogP contribution in [0.4, 0.5) is 10.1 Å². The molecular weight excluding hydrogens is 299 g/mol. The third-order valence-corrected chi connectivity index (χ3v) is 2.86. The van der Waals surface area contributed by atoms with E-state index in [-0.39, 0.29) is 24.6 Å². The number of carbonyl (C=O) groups is 2. The zero-order chi connectivity index (χ0) is 15.2. The van der Waals surface area contributed by atoms with Gasteiger partial charge in [-0.2, -0.15) is 0 Å². The van der Waals surface area contributed by atoms with Crippen molar-refractivity contribution in [2.75, 3.05) is 11.9 Å². The zero-order valence-corrected chi connectivity index (χ0v) is 11.6. The highest BCUT2D eigenvalue weighted by Crippen LogP contribution is 2.19. The van der Waals surface area contributed by atoms with Gasteiger partial charge in [0.1, 0.15) is 12.1 Å². The van der Waals surface area contributed by atoms with E-state index in [1.165, 1.54) is 36.8 Å². The molecule has 0 fully saturated rings. The predicted octanol–water partition coefficient (Wildman–Crippen LogP) is 2.83. The highest BCUT2D eigenvalue weighted by atomic mass is 35.5. The molecule has 2 amide bonds. The summed E-state index contributed by atoms with van der Waals surface area (Å²) >= 11 is 5.72. The number of nitrogens with one attached hydrogen (secondary N) is 2. The molecule has 0 atom stereocenters. The van der Waals surface area contributed by atoms with Gasteiger partial charge in [-0.1, -0.05) is 11.6 Å². The molecule has 0 saturated heterocycles. The maximum Gasteiger partial charge on any atom is 0.254 e. The highest BCUT2D eigenvalue weighted by molar-refractivity contribution is 6.30. The van der Waals surface area contributed by atoms with Gasteiger partial charge >= 0.3 is 0 Å². The van der Waals surface area contributed by atoms with E-state index in [4.69, 9.17) is 16.0 Å². The van der Waals surface area contributed by atoms with Crippen LogP contribution in [0, 0.1) is 5.82 Å². The normalized spacial score (nSPS) is 10.2. The number of benzene rings is 1. The molecule has 0 unspecified atom stereocenters. The number of hydrogen-bond donors (Lipinski definition) is 2. The van der Waals surface area contributed by atoms with Gasteiger partial charge in [-0.15, -0.1) is 0 Å². The number of anilines is 1. The van der Waals surface area contributed by atoms with Crippen molar-refractivity contribution in [2.45, 2.75) is 6.42 Å². The van der Waals surface area contributed by atoms with Crippen molar-refractivity contribution in [3.05, 3.63) is 53.2 Å². The first-order valence-corrected chi connectivity index (χ1v) is 6.49. The first-order chi connectivity index (χ1) is 10.1. The van der Waals surface area contributed by atoms with Crippen LogP contribution < -0.4 is 10.6 Å². The molecule has 0 aliphatic rings. The summed E-state index contributed by atoms with van der Waals surface area (Å²) < 4.78 is 18.2. The van der Waals surface area contributed by atoms with Gasteiger partial charge in [0.25, 0.3) is 5.91 Å². The predicted molar refractivity (Wildman–Crippen MR) is 75.7 cm³/mol. The number of hydrogen-bond acceptors (Lipinski definition) is 3. The van der Waals surface area contributed by atoms with E-state index in [1.54, 1.807) is 0 Å². The fraction of sp³-hybridized carbons (Fsp3) is 0.143. The Morgan fingerprint density at radius 3 is 2.81 bits per heavy atom. The Balaban J connectivity index is 1.80. The van der Waals surface area contributed by atoms with E-state index in [0.717, 1.165) is 0 Å². The largest absolute Gasteiger partial charge is 0.472 e. The third kappa shape index (κ3) is 4.32. The minimum Gasteiger partial charge on any atom is -0.472 e. The minimum atomic E-state index is -0.574. The Kier molecular flexibility index (Phi) is 4.94. The summed E-state index contributed by atoms with van der Waals surface area (Å²) in [5, 5.41) is 5.26. The van der Waals surface area contributed by atoms with E-state index >= 15 is 0 Å². The molecule has 110 valence electrons. The fourth-order valence-electron chi connectivity index (χ4n) is 1.59. The number of rotatable bonds is 5. The van der Waals surface area contributed by atoms with E-state index in [1.807, 2.05) is 0 Å². The van der Waals surface area contributed by atoms with Crippen molar-refractivity contribution in [1.82, 2.24) is 5.32 Å². The van der Waals surface area contributed by atoms with E-state index < -0.39 is 11.7 Å².